The van der Waals surface area contributed by atoms with Gasteiger partial charge >= 0.3 is 0 Å². The van der Waals surface area contributed by atoms with E-state index in [1.54, 1.807) is 0 Å². The molecule has 2 nitrogen and oxygen atoms in total. The van der Waals surface area contributed by atoms with Crippen molar-refractivity contribution in [1.82, 2.24) is 0 Å². The van der Waals surface area contributed by atoms with Crippen molar-refractivity contribution in [2.24, 2.45) is 0 Å². The van der Waals surface area contributed by atoms with Crippen LogP contribution in [0.5, 0.6) is 11.5 Å². The molecule has 0 heterocycles. The van der Waals surface area contributed by atoms with Crippen LogP contribution in [0.15, 0.2) is 70.8 Å². The number of hydrogen-bond acceptors (Lipinski definition) is 2. The first-order valence-electron chi connectivity index (χ1n) is 10.1. The van der Waals surface area contributed by atoms with Crippen molar-refractivity contribution in [3.8, 4) is 11.5 Å². The van der Waals surface area contributed by atoms with E-state index in [0.717, 1.165) is 33.4 Å². The van der Waals surface area contributed by atoms with Crippen LogP contribution in [0.4, 0.5) is 8.78 Å². The van der Waals surface area contributed by atoms with E-state index in [-0.39, 0.29) is 49.3 Å². The predicted molar refractivity (Wildman–Crippen MR) is 116 cm³/mol. The van der Waals surface area contributed by atoms with Crippen LogP contribution in [-0.4, -0.2) is 10.2 Å². The molecule has 0 radical (unpaired) electrons. The molecule has 0 bridgehead atoms. The van der Waals surface area contributed by atoms with E-state index in [1.807, 2.05) is 13.8 Å². The smallest absolute Gasteiger partial charge is 0.124 e. The van der Waals surface area contributed by atoms with Crippen LogP contribution in [0.2, 0.25) is 0 Å². The van der Waals surface area contributed by atoms with Gasteiger partial charge in [-0.1, -0.05) is 23.3 Å². The van der Waals surface area contributed by atoms with Gasteiger partial charge in [-0.25, -0.2) is 8.78 Å². The molecule has 2 N–H and O–H groups in total. The summed E-state index contributed by atoms with van der Waals surface area (Å²) >= 11 is 0. The van der Waals surface area contributed by atoms with Gasteiger partial charge in [0.25, 0.3) is 0 Å². The molecule has 158 valence electrons. The van der Waals surface area contributed by atoms with Crippen molar-refractivity contribution >= 4 is 11.1 Å². The van der Waals surface area contributed by atoms with Gasteiger partial charge in [-0.3, -0.25) is 0 Å². The number of rotatable bonds is 5. The Morgan fingerprint density at radius 2 is 1.10 bits per heavy atom. The van der Waals surface area contributed by atoms with Gasteiger partial charge in [-0.05, 0) is 98.2 Å². The molecule has 0 atom stereocenters. The monoisotopic (exact) mass is 496 g/mol. The van der Waals surface area contributed by atoms with Gasteiger partial charge in [0.05, 0.1) is 0 Å². The SMILES string of the molecule is CC1=CCC(c2cc(F)ccc2O)=C1CCC1=C(c2cc(F)ccc2O)CC=C1C.[Zr]. The van der Waals surface area contributed by atoms with Gasteiger partial charge < -0.3 is 10.2 Å². The van der Waals surface area contributed by atoms with Gasteiger partial charge in [0.1, 0.15) is 23.1 Å². The standard InChI is InChI=1S/C26H24F2O2.Zr/c1-15-3-7-21(23-13-17(27)5-11-25(23)29)19(15)9-10-20-16(2)4-8-22(20)24-14-18(28)6-12-26(24)30;/h3-6,11-14,29-30H,7-10H2,1-2H3;. The van der Waals surface area contributed by atoms with E-state index >= 15 is 0 Å². The second-order valence-electron chi connectivity index (χ2n) is 7.92. The maximum Gasteiger partial charge on any atom is 0.124 e. The minimum Gasteiger partial charge on any atom is -0.507 e. The molecule has 4 rings (SSSR count). The van der Waals surface area contributed by atoms with Crippen molar-refractivity contribution in [2.75, 3.05) is 0 Å². The molecule has 2 aliphatic rings. The number of allylic oxidation sites excluding steroid dienone is 8. The van der Waals surface area contributed by atoms with Gasteiger partial charge in [0, 0.05) is 37.3 Å². The zero-order chi connectivity index (χ0) is 21.4. The van der Waals surface area contributed by atoms with Crippen LogP contribution in [0.25, 0.3) is 11.1 Å². The van der Waals surface area contributed by atoms with Crippen LogP contribution in [0.1, 0.15) is 50.7 Å². The van der Waals surface area contributed by atoms with Crippen molar-refractivity contribution in [3.05, 3.63) is 93.6 Å². The molecule has 0 aromatic heterocycles. The number of hydrogen-bond donors (Lipinski definition) is 2. The van der Waals surface area contributed by atoms with E-state index in [9.17, 15) is 19.0 Å². The van der Waals surface area contributed by atoms with Crippen molar-refractivity contribution in [3.63, 3.8) is 0 Å². The van der Waals surface area contributed by atoms with E-state index < -0.39 is 0 Å². The third-order valence-corrected chi connectivity index (χ3v) is 6.10. The summed E-state index contributed by atoms with van der Waals surface area (Å²) in [6.45, 7) is 4.06. The first-order valence-corrected chi connectivity index (χ1v) is 10.1. The first-order chi connectivity index (χ1) is 14.3. The first kappa shape index (κ1) is 23.4. The average Bonchev–Trinajstić information content (AvgIpc) is 3.26. The van der Waals surface area contributed by atoms with Crippen LogP contribution >= 0.6 is 0 Å². The summed E-state index contributed by atoms with van der Waals surface area (Å²) in [5.74, 6) is -0.595. The Kier molecular flexibility index (Phi) is 7.16. The van der Waals surface area contributed by atoms with Crippen LogP contribution in [0.3, 0.4) is 0 Å². The van der Waals surface area contributed by atoms with Gasteiger partial charge in [0.2, 0.25) is 0 Å². The molecule has 2 aromatic carbocycles. The van der Waals surface area contributed by atoms with Crippen LogP contribution < -0.4 is 0 Å². The Labute approximate surface area is 200 Å². The fourth-order valence-corrected chi connectivity index (χ4v) is 4.47. The molecule has 5 heteroatoms. The molecule has 0 saturated heterocycles. The Morgan fingerprint density at radius 1 is 0.710 bits per heavy atom. The summed E-state index contributed by atoms with van der Waals surface area (Å²) in [4.78, 5) is 0. The molecule has 0 fully saturated rings. The van der Waals surface area contributed by atoms with Gasteiger partial charge in [0.15, 0.2) is 0 Å². The molecule has 2 aliphatic carbocycles. The van der Waals surface area contributed by atoms with Crippen molar-refractivity contribution < 1.29 is 45.2 Å². The molecule has 0 saturated carbocycles. The molecule has 0 amide bonds. The fourth-order valence-electron chi connectivity index (χ4n) is 4.47. The quantitative estimate of drug-likeness (QED) is 0.464. The Balaban J connectivity index is 0.00000272. The third-order valence-electron chi connectivity index (χ3n) is 6.10. The number of phenols is 2. The molecule has 0 unspecified atom stereocenters. The molecule has 0 spiro atoms. The third kappa shape index (κ3) is 4.67. The number of halogens is 2. The number of phenolic OH excluding ortho intramolecular Hbond substituents is 2. The van der Waals surface area contributed by atoms with E-state index in [1.165, 1.54) is 36.4 Å². The normalized spacial score (nSPS) is 15.9. The molecular formula is C26H24F2O2Zr. The summed E-state index contributed by atoms with van der Waals surface area (Å²) in [7, 11) is 0. The fraction of sp³-hybridized carbons (Fsp3) is 0.231. The molecule has 2 aromatic rings. The van der Waals surface area contributed by atoms with Crippen molar-refractivity contribution in [1.29, 1.82) is 0 Å². The second-order valence-corrected chi connectivity index (χ2v) is 7.92. The Morgan fingerprint density at radius 3 is 1.48 bits per heavy atom. The van der Waals surface area contributed by atoms with E-state index in [0.29, 0.717) is 36.8 Å². The summed E-state index contributed by atoms with van der Waals surface area (Å²) in [5.41, 5.74) is 7.42. The van der Waals surface area contributed by atoms with Crippen LogP contribution in [0, 0.1) is 11.6 Å². The minimum absolute atomic E-state index is 0. The summed E-state index contributed by atoms with van der Waals surface area (Å²) in [6, 6.07) is 8.05. The number of aromatic hydroxyl groups is 2. The minimum atomic E-state index is -0.375. The van der Waals surface area contributed by atoms with E-state index in [4.69, 9.17) is 0 Å². The molecule has 0 aliphatic heterocycles. The average molecular weight is 498 g/mol. The summed E-state index contributed by atoms with van der Waals surface area (Å²) in [5, 5.41) is 20.5. The zero-order valence-corrected chi connectivity index (χ0v) is 20.1. The molecular weight excluding hydrogens is 474 g/mol. The Bertz CT molecular complexity index is 1060. The number of benzene rings is 2. The predicted octanol–water partition coefficient (Wildman–Crippen LogP) is 7.06. The largest absolute Gasteiger partial charge is 0.507 e. The van der Waals surface area contributed by atoms with Crippen molar-refractivity contribution in [2.45, 2.75) is 39.5 Å². The molecule has 31 heavy (non-hydrogen) atoms. The summed E-state index contributed by atoms with van der Waals surface area (Å²) < 4.78 is 27.6. The maximum atomic E-state index is 13.8. The van der Waals surface area contributed by atoms with Crippen LogP contribution in [-0.2, 0) is 26.2 Å². The topological polar surface area (TPSA) is 40.5 Å². The summed E-state index contributed by atoms with van der Waals surface area (Å²) in [6.07, 6.45) is 6.94. The zero-order valence-electron chi connectivity index (χ0n) is 17.6. The van der Waals surface area contributed by atoms with Gasteiger partial charge in [-0.2, -0.15) is 0 Å². The maximum absolute atomic E-state index is 13.8. The van der Waals surface area contributed by atoms with Gasteiger partial charge in [-0.15, -0.1) is 0 Å². The second kappa shape index (κ2) is 9.48. The Hall–Kier alpha value is -2.26. The van der Waals surface area contributed by atoms with E-state index in [2.05, 4.69) is 12.2 Å².